The molecule has 1 N–H and O–H groups in total. The number of carbonyl (C=O) groups excluding carboxylic acids is 1. The van der Waals surface area contributed by atoms with Crippen LogP contribution in [-0.2, 0) is 4.79 Å². The first kappa shape index (κ1) is 13.4. The Morgan fingerprint density at radius 3 is 2.85 bits per heavy atom. The van der Waals surface area contributed by atoms with Gasteiger partial charge in [-0.05, 0) is 37.1 Å². The minimum Gasteiger partial charge on any atom is -0.469 e. The lowest BCUT2D eigenvalue weighted by molar-refractivity contribution is -0.123. The molecule has 3 atom stereocenters. The number of hydrogen-bond acceptors (Lipinski definition) is 2. The summed E-state index contributed by atoms with van der Waals surface area (Å²) in [6.07, 6.45) is 2.54. The molecule has 20 heavy (non-hydrogen) atoms. The number of amides is 1. The van der Waals surface area contributed by atoms with Gasteiger partial charge in [-0.25, -0.2) is 0 Å². The van der Waals surface area contributed by atoms with Crippen molar-refractivity contribution in [2.75, 3.05) is 0 Å². The average Bonchev–Trinajstić information content (AvgIpc) is 3.05. The fraction of sp³-hybridized carbons (Fsp3) is 0.312. The number of furan rings is 1. The lowest BCUT2D eigenvalue weighted by Gasteiger charge is -2.15. The average molecular weight is 334 g/mol. The number of benzene rings is 1. The van der Waals surface area contributed by atoms with E-state index in [2.05, 4.69) is 21.2 Å². The Balaban J connectivity index is 1.62. The van der Waals surface area contributed by atoms with Crippen LogP contribution in [0.3, 0.4) is 0 Å². The van der Waals surface area contributed by atoms with Crippen molar-refractivity contribution in [3.63, 3.8) is 0 Å². The Bertz CT molecular complexity index is 609. The molecule has 3 unspecified atom stereocenters. The van der Waals surface area contributed by atoms with Crippen LogP contribution >= 0.6 is 15.9 Å². The summed E-state index contributed by atoms with van der Waals surface area (Å²) in [4.78, 5) is 12.2. The van der Waals surface area contributed by atoms with E-state index in [4.69, 9.17) is 4.42 Å². The van der Waals surface area contributed by atoms with Crippen LogP contribution in [0.1, 0.15) is 36.6 Å². The molecule has 1 aliphatic carbocycles. The summed E-state index contributed by atoms with van der Waals surface area (Å²) in [5.74, 6) is 1.32. The van der Waals surface area contributed by atoms with E-state index in [1.165, 1.54) is 0 Å². The van der Waals surface area contributed by atoms with E-state index in [-0.39, 0.29) is 23.8 Å². The van der Waals surface area contributed by atoms with Crippen molar-refractivity contribution in [1.82, 2.24) is 5.32 Å². The highest BCUT2D eigenvalue weighted by atomic mass is 79.9. The summed E-state index contributed by atoms with van der Waals surface area (Å²) < 4.78 is 6.38. The molecule has 1 aromatic carbocycles. The third-order valence-electron chi connectivity index (χ3n) is 3.77. The van der Waals surface area contributed by atoms with Crippen molar-refractivity contribution in [3.05, 3.63) is 58.5 Å². The van der Waals surface area contributed by atoms with Crippen LogP contribution in [0.25, 0.3) is 0 Å². The standard InChI is InChI=1S/C16H16BrNO2/c1-10(11-5-2-3-6-14(11)17)18-16(19)13-9-12(13)15-7-4-8-20-15/h2-8,10,12-13H,9H2,1H3,(H,18,19). The van der Waals surface area contributed by atoms with Gasteiger partial charge in [0.05, 0.1) is 12.3 Å². The molecule has 3 rings (SSSR count). The molecular weight excluding hydrogens is 318 g/mol. The topological polar surface area (TPSA) is 42.2 Å². The number of rotatable bonds is 4. The van der Waals surface area contributed by atoms with E-state index in [1.54, 1.807) is 6.26 Å². The molecule has 2 aromatic rings. The molecular formula is C16H16BrNO2. The van der Waals surface area contributed by atoms with Gasteiger partial charge in [-0.15, -0.1) is 0 Å². The van der Waals surface area contributed by atoms with Gasteiger partial charge in [0.15, 0.2) is 0 Å². The number of carbonyl (C=O) groups is 1. The molecule has 1 aliphatic rings. The number of hydrogen-bond donors (Lipinski definition) is 1. The molecule has 1 saturated carbocycles. The molecule has 104 valence electrons. The largest absolute Gasteiger partial charge is 0.469 e. The van der Waals surface area contributed by atoms with Crippen molar-refractivity contribution >= 4 is 21.8 Å². The van der Waals surface area contributed by atoms with Crippen LogP contribution in [0.2, 0.25) is 0 Å². The summed E-state index contributed by atoms with van der Waals surface area (Å²) in [6.45, 7) is 2.00. The fourth-order valence-corrected chi connectivity index (χ4v) is 3.15. The van der Waals surface area contributed by atoms with Crippen LogP contribution < -0.4 is 5.32 Å². The van der Waals surface area contributed by atoms with Gasteiger partial charge in [0.2, 0.25) is 5.91 Å². The first-order valence-corrected chi connectivity index (χ1v) is 7.54. The summed E-state index contributed by atoms with van der Waals surface area (Å²) >= 11 is 3.52. The van der Waals surface area contributed by atoms with Crippen molar-refractivity contribution in [2.45, 2.75) is 25.3 Å². The zero-order valence-electron chi connectivity index (χ0n) is 11.2. The van der Waals surface area contributed by atoms with E-state index in [0.29, 0.717) is 0 Å². The van der Waals surface area contributed by atoms with Gasteiger partial charge in [0.25, 0.3) is 0 Å². The molecule has 1 fully saturated rings. The van der Waals surface area contributed by atoms with E-state index in [1.807, 2.05) is 43.3 Å². The van der Waals surface area contributed by atoms with Gasteiger partial charge >= 0.3 is 0 Å². The first-order valence-electron chi connectivity index (χ1n) is 6.75. The minimum absolute atomic E-state index is 0.00377. The summed E-state index contributed by atoms with van der Waals surface area (Å²) in [7, 11) is 0. The second-order valence-electron chi connectivity index (χ2n) is 5.22. The molecule has 0 bridgehead atoms. The Kier molecular flexibility index (Phi) is 3.66. The van der Waals surface area contributed by atoms with Gasteiger partial charge in [-0.2, -0.15) is 0 Å². The quantitative estimate of drug-likeness (QED) is 0.917. The molecule has 0 spiro atoms. The van der Waals surface area contributed by atoms with Crippen LogP contribution in [0.5, 0.6) is 0 Å². The zero-order valence-corrected chi connectivity index (χ0v) is 12.8. The molecule has 1 amide bonds. The summed E-state index contributed by atoms with van der Waals surface area (Å²) in [5, 5.41) is 3.08. The van der Waals surface area contributed by atoms with Crippen molar-refractivity contribution in [2.24, 2.45) is 5.92 Å². The summed E-state index contributed by atoms with van der Waals surface area (Å²) in [5.41, 5.74) is 1.09. The normalized spacial score (nSPS) is 22.3. The van der Waals surface area contributed by atoms with Gasteiger partial charge in [-0.1, -0.05) is 34.1 Å². The molecule has 0 saturated heterocycles. The first-order chi connectivity index (χ1) is 9.66. The second-order valence-corrected chi connectivity index (χ2v) is 6.07. The van der Waals surface area contributed by atoms with Gasteiger partial charge in [0.1, 0.15) is 5.76 Å². The molecule has 0 aliphatic heterocycles. The maximum absolute atomic E-state index is 12.2. The molecule has 1 heterocycles. The van der Waals surface area contributed by atoms with Crippen molar-refractivity contribution in [3.8, 4) is 0 Å². The lowest BCUT2D eigenvalue weighted by Crippen LogP contribution is -2.28. The Morgan fingerprint density at radius 2 is 2.15 bits per heavy atom. The Morgan fingerprint density at radius 1 is 1.35 bits per heavy atom. The number of nitrogens with one attached hydrogen (secondary N) is 1. The monoisotopic (exact) mass is 333 g/mol. The van der Waals surface area contributed by atoms with Crippen LogP contribution in [-0.4, -0.2) is 5.91 Å². The lowest BCUT2D eigenvalue weighted by atomic mass is 10.1. The molecule has 0 radical (unpaired) electrons. The predicted molar refractivity (Wildman–Crippen MR) is 80.3 cm³/mol. The van der Waals surface area contributed by atoms with Crippen LogP contribution in [0.4, 0.5) is 0 Å². The number of halogens is 1. The van der Waals surface area contributed by atoms with Crippen LogP contribution in [0.15, 0.2) is 51.6 Å². The third kappa shape index (κ3) is 2.66. The van der Waals surface area contributed by atoms with E-state index in [9.17, 15) is 4.79 Å². The molecule has 4 heteroatoms. The SMILES string of the molecule is CC(NC(=O)C1CC1c1ccco1)c1ccccc1Br. The highest BCUT2D eigenvalue weighted by Gasteiger charge is 2.46. The van der Waals surface area contributed by atoms with E-state index >= 15 is 0 Å². The summed E-state index contributed by atoms with van der Waals surface area (Å²) in [6, 6.07) is 11.8. The molecule has 3 nitrogen and oxygen atoms in total. The van der Waals surface area contributed by atoms with E-state index < -0.39 is 0 Å². The van der Waals surface area contributed by atoms with Gasteiger partial charge in [0, 0.05) is 16.3 Å². The highest BCUT2D eigenvalue weighted by Crippen LogP contribution is 2.47. The van der Waals surface area contributed by atoms with Crippen molar-refractivity contribution in [1.29, 1.82) is 0 Å². The minimum atomic E-state index is -0.00377. The maximum Gasteiger partial charge on any atom is 0.224 e. The molecule has 1 aromatic heterocycles. The third-order valence-corrected chi connectivity index (χ3v) is 4.49. The Labute approximate surface area is 126 Å². The Hall–Kier alpha value is -1.55. The predicted octanol–water partition coefficient (Wildman–Crippen LogP) is 4.02. The second kappa shape index (κ2) is 5.44. The van der Waals surface area contributed by atoms with Crippen molar-refractivity contribution < 1.29 is 9.21 Å². The maximum atomic E-state index is 12.2. The van der Waals surface area contributed by atoms with Gasteiger partial charge < -0.3 is 9.73 Å². The van der Waals surface area contributed by atoms with Gasteiger partial charge in [-0.3, -0.25) is 4.79 Å². The smallest absolute Gasteiger partial charge is 0.224 e. The van der Waals surface area contributed by atoms with E-state index in [0.717, 1.165) is 22.2 Å². The fourth-order valence-electron chi connectivity index (χ4n) is 2.53. The zero-order chi connectivity index (χ0) is 14.1. The van der Waals surface area contributed by atoms with Crippen LogP contribution in [0, 0.1) is 5.92 Å². The highest BCUT2D eigenvalue weighted by molar-refractivity contribution is 9.10.